The van der Waals surface area contributed by atoms with Crippen LogP contribution in [0.3, 0.4) is 0 Å². The molecule has 0 fully saturated rings. The first-order valence-electron chi connectivity index (χ1n) is 7.09. The molecule has 1 unspecified atom stereocenters. The Labute approximate surface area is 128 Å². The third-order valence-electron chi connectivity index (χ3n) is 3.89. The second-order valence-corrected chi connectivity index (χ2v) is 5.17. The van der Waals surface area contributed by atoms with E-state index in [1.807, 2.05) is 60.7 Å². The van der Waals surface area contributed by atoms with E-state index in [2.05, 4.69) is 10.3 Å². The van der Waals surface area contributed by atoms with Crippen molar-refractivity contribution < 1.29 is 10.4 Å². The molecule has 0 radical (unpaired) electrons. The van der Waals surface area contributed by atoms with E-state index in [0.717, 1.165) is 16.7 Å². The molecule has 0 aromatic heterocycles. The molecule has 0 aliphatic heterocycles. The summed E-state index contributed by atoms with van der Waals surface area (Å²) in [5.74, 6) is -0.141. The van der Waals surface area contributed by atoms with Gasteiger partial charge in [-0.25, -0.2) is 0 Å². The van der Waals surface area contributed by atoms with Crippen molar-refractivity contribution in [3.05, 3.63) is 77.9 Å². The summed E-state index contributed by atoms with van der Waals surface area (Å²) >= 11 is 0. The number of nitrogens with zero attached hydrogens (tertiary/aromatic N) is 2. The van der Waals surface area contributed by atoms with E-state index in [9.17, 15) is 10.4 Å². The lowest BCUT2D eigenvalue weighted by Crippen LogP contribution is -2.26. The van der Waals surface area contributed by atoms with E-state index >= 15 is 0 Å². The predicted octanol–water partition coefficient (Wildman–Crippen LogP) is 3.92. The van der Waals surface area contributed by atoms with Gasteiger partial charge in [0.2, 0.25) is 0 Å². The Morgan fingerprint density at radius 3 is 2.05 bits per heavy atom. The zero-order valence-corrected chi connectivity index (χ0v) is 11.9. The Bertz CT molecular complexity index is 734. The molecule has 1 atom stereocenters. The minimum atomic E-state index is -0.141. The second kappa shape index (κ2) is 6.26. The summed E-state index contributed by atoms with van der Waals surface area (Å²) in [6, 6.07) is 19.7. The maximum absolute atomic E-state index is 9.35. The molecule has 0 bridgehead atoms. The normalized spacial score (nSPS) is 21.8. The first-order chi connectivity index (χ1) is 10.8. The van der Waals surface area contributed by atoms with Crippen LogP contribution in [0.4, 0.5) is 0 Å². The minimum Gasteiger partial charge on any atom is -0.411 e. The second-order valence-electron chi connectivity index (χ2n) is 5.17. The number of allylic oxidation sites excluding steroid dienone is 2. The van der Waals surface area contributed by atoms with Gasteiger partial charge in [0.15, 0.2) is 0 Å². The largest absolute Gasteiger partial charge is 0.411 e. The quantitative estimate of drug-likeness (QED) is 0.651. The summed E-state index contributed by atoms with van der Waals surface area (Å²) in [4.78, 5) is 0. The van der Waals surface area contributed by atoms with Crippen LogP contribution in [0.25, 0.3) is 5.57 Å². The topological polar surface area (TPSA) is 65.2 Å². The third kappa shape index (κ3) is 2.63. The minimum absolute atomic E-state index is 0.141. The summed E-state index contributed by atoms with van der Waals surface area (Å²) in [5, 5.41) is 25.3. The molecule has 3 rings (SSSR count). The highest BCUT2D eigenvalue weighted by atomic mass is 16.4. The van der Waals surface area contributed by atoms with Gasteiger partial charge in [0.25, 0.3) is 0 Å². The first-order valence-corrected chi connectivity index (χ1v) is 7.09. The van der Waals surface area contributed by atoms with Gasteiger partial charge in [0, 0.05) is 5.92 Å². The fraction of sp³-hybridized carbons (Fsp3) is 0.111. The molecular formula is C18H16N2O2. The lowest BCUT2D eigenvalue weighted by molar-refractivity contribution is 0.312. The van der Waals surface area contributed by atoms with Crippen molar-refractivity contribution in [3.63, 3.8) is 0 Å². The highest BCUT2D eigenvalue weighted by molar-refractivity contribution is 6.50. The lowest BCUT2D eigenvalue weighted by Gasteiger charge is -2.25. The van der Waals surface area contributed by atoms with Crippen LogP contribution in [0, 0.1) is 0 Å². The smallest absolute Gasteiger partial charge is 0.128 e. The van der Waals surface area contributed by atoms with Crippen LogP contribution in [0.5, 0.6) is 0 Å². The third-order valence-corrected chi connectivity index (χ3v) is 3.89. The average Bonchev–Trinajstić information content (AvgIpc) is 2.62. The molecule has 1 aliphatic carbocycles. The van der Waals surface area contributed by atoms with Crippen LogP contribution in [0.15, 0.2) is 77.1 Å². The molecule has 0 heterocycles. The molecule has 22 heavy (non-hydrogen) atoms. The van der Waals surface area contributed by atoms with Crippen molar-refractivity contribution in [2.45, 2.75) is 12.3 Å². The summed E-state index contributed by atoms with van der Waals surface area (Å²) in [6.07, 6.45) is 2.45. The summed E-state index contributed by atoms with van der Waals surface area (Å²) in [7, 11) is 0. The molecule has 1 aliphatic rings. The zero-order chi connectivity index (χ0) is 15.4. The van der Waals surface area contributed by atoms with Crippen molar-refractivity contribution in [2.75, 3.05) is 0 Å². The molecule has 0 saturated heterocycles. The average molecular weight is 292 g/mol. The molecule has 0 amide bonds. The molecule has 2 aromatic rings. The first kappa shape index (κ1) is 14.1. The van der Waals surface area contributed by atoms with Crippen LogP contribution in [-0.4, -0.2) is 21.8 Å². The van der Waals surface area contributed by atoms with Crippen LogP contribution in [-0.2, 0) is 0 Å². The monoisotopic (exact) mass is 292 g/mol. The number of hydrogen-bond donors (Lipinski definition) is 2. The van der Waals surface area contributed by atoms with E-state index in [1.54, 1.807) is 6.08 Å². The van der Waals surface area contributed by atoms with Crippen molar-refractivity contribution in [2.24, 2.45) is 10.3 Å². The van der Waals surface area contributed by atoms with Gasteiger partial charge in [-0.05, 0) is 29.2 Å². The van der Waals surface area contributed by atoms with Crippen LogP contribution in [0.1, 0.15) is 23.5 Å². The molecular weight excluding hydrogens is 276 g/mol. The zero-order valence-electron chi connectivity index (χ0n) is 11.9. The maximum Gasteiger partial charge on any atom is 0.128 e. The molecule has 4 heteroatoms. The van der Waals surface area contributed by atoms with Gasteiger partial charge in [0.05, 0.1) is 0 Å². The fourth-order valence-electron chi connectivity index (χ4n) is 2.81. The predicted molar refractivity (Wildman–Crippen MR) is 86.7 cm³/mol. The fourth-order valence-corrected chi connectivity index (χ4v) is 2.81. The molecule has 2 aromatic carbocycles. The molecule has 2 N–H and O–H groups in total. The Morgan fingerprint density at radius 2 is 1.45 bits per heavy atom. The van der Waals surface area contributed by atoms with Crippen molar-refractivity contribution in [1.29, 1.82) is 0 Å². The summed E-state index contributed by atoms with van der Waals surface area (Å²) in [5.41, 5.74) is 3.82. The Balaban J connectivity index is 2.07. The van der Waals surface area contributed by atoms with E-state index in [1.165, 1.54) is 0 Å². The molecule has 0 saturated carbocycles. The van der Waals surface area contributed by atoms with Gasteiger partial charge < -0.3 is 10.4 Å². The van der Waals surface area contributed by atoms with Gasteiger partial charge in [-0.15, -0.1) is 0 Å². The van der Waals surface area contributed by atoms with E-state index in [4.69, 9.17) is 0 Å². The number of rotatable bonds is 2. The van der Waals surface area contributed by atoms with Crippen molar-refractivity contribution in [3.8, 4) is 0 Å². The Morgan fingerprint density at radius 1 is 0.818 bits per heavy atom. The molecule has 110 valence electrons. The van der Waals surface area contributed by atoms with Crippen LogP contribution < -0.4 is 0 Å². The summed E-state index contributed by atoms with van der Waals surface area (Å²) < 4.78 is 0. The van der Waals surface area contributed by atoms with Gasteiger partial charge in [-0.2, -0.15) is 0 Å². The van der Waals surface area contributed by atoms with E-state index in [-0.39, 0.29) is 5.92 Å². The number of oxime groups is 2. The highest BCUT2D eigenvalue weighted by Gasteiger charge is 2.29. The van der Waals surface area contributed by atoms with E-state index in [0.29, 0.717) is 17.8 Å². The molecule has 4 nitrogen and oxygen atoms in total. The van der Waals surface area contributed by atoms with Crippen LogP contribution >= 0.6 is 0 Å². The van der Waals surface area contributed by atoms with E-state index < -0.39 is 0 Å². The SMILES string of the molecule is ON=C1C=C(c2ccccc2)CC(c2ccccc2)C1=NO. The van der Waals surface area contributed by atoms with Crippen molar-refractivity contribution in [1.82, 2.24) is 0 Å². The van der Waals surface area contributed by atoms with Gasteiger partial charge in [-0.1, -0.05) is 71.0 Å². The van der Waals surface area contributed by atoms with Gasteiger partial charge >= 0.3 is 0 Å². The Hall–Kier alpha value is -2.88. The number of hydrogen-bond acceptors (Lipinski definition) is 4. The molecule has 0 spiro atoms. The standard InChI is InChI=1S/C18H16N2O2/c21-19-17-12-15(13-7-3-1-4-8-13)11-16(18(17)20-22)14-9-5-2-6-10-14/h1-10,12,16,21-22H,11H2. The maximum atomic E-state index is 9.35. The van der Waals surface area contributed by atoms with Gasteiger partial charge in [0.1, 0.15) is 11.4 Å². The van der Waals surface area contributed by atoms with Crippen LogP contribution in [0.2, 0.25) is 0 Å². The number of benzene rings is 2. The van der Waals surface area contributed by atoms with Crippen molar-refractivity contribution >= 4 is 17.0 Å². The highest BCUT2D eigenvalue weighted by Crippen LogP contribution is 2.34. The van der Waals surface area contributed by atoms with Gasteiger partial charge in [-0.3, -0.25) is 0 Å². The lowest BCUT2D eigenvalue weighted by atomic mass is 9.79. The Kier molecular flexibility index (Phi) is 4.01. The summed E-state index contributed by atoms with van der Waals surface area (Å²) in [6.45, 7) is 0.